The Bertz CT molecular complexity index is 479. The predicted octanol–water partition coefficient (Wildman–Crippen LogP) is 4.68. The minimum atomic E-state index is -0.530. The van der Waals surface area contributed by atoms with Gasteiger partial charge in [0, 0.05) is 16.4 Å². The minimum Gasteiger partial charge on any atom is -0.388 e. The molecule has 0 spiro atoms. The van der Waals surface area contributed by atoms with Crippen LogP contribution in [0.5, 0.6) is 0 Å². The summed E-state index contributed by atoms with van der Waals surface area (Å²) in [5.74, 6) is 0. The van der Waals surface area contributed by atoms with Crippen molar-refractivity contribution < 1.29 is 5.11 Å². The predicted molar refractivity (Wildman–Crippen MR) is 87.8 cm³/mol. The van der Waals surface area contributed by atoms with E-state index < -0.39 is 6.10 Å². The smallest absolute Gasteiger partial charge is 0.0858 e. The Hall–Kier alpha value is -0.0900. The van der Waals surface area contributed by atoms with Crippen molar-refractivity contribution in [3.05, 3.63) is 33.3 Å². The van der Waals surface area contributed by atoms with E-state index in [2.05, 4.69) is 29.8 Å². The highest BCUT2D eigenvalue weighted by molar-refractivity contribution is 9.10. The van der Waals surface area contributed by atoms with Crippen LogP contribution in [0, 0.1) is 10.8 Å². The molecule has 1 aliphatic carbocycles. The summed E-state index contributed by atoms with van der Waals surface area (Å²) in [7, 11) is 0. The van der Waals surface area contributed by atoms with Gasteiger partial charge in [0.1, 0.15) is 0 Å². The third-order valence-corrected chi connectivity index (χ3v) is 6.06. The minimum absolute atomic E-state index is 0.206. The van der Waals surface area contributed by atoms with E-state index in [-0.39, 0.29) is 5.41 Å². The summed E-state index contributed by atoms with van der Waals surface area (Å²) in [5, 5.41) is 11.5. The molecule has 1 unspecified atom stereocenters. The molecule has 0 heterocycles. The number of hydrogen-bond acceptors (Lipinski definition) is 2. The Morgan fingerprint density at radius 3 is 2.40 bits per heavy atom. The van der Waals surface area contributed by atoms with Crippen molar-refractivity contribution in [1.82, 2.24) is 0 Å². The molecule has 0 aromatic heterocycles. The average molecular weight is 361 g/mol. The SMILES string of the molecule is CC1(C)CCC(CN)(C(O)c2ccc(Cl)c(Br)c2)CC1. The van der Waals surface area contributed by atoms with Crippen molar-refractivity contribution in [3.8, 4) is 0 Å². The lowest BCUT2D eigenvalue weighted by Crippen LogP contribution is -2.41. The van der Waals surface area contributed by atoms with Gasteiger partial charge in [-0.15, -0.1) is 0 Å². The van der Waals surface area contributed by atoms with Crippen molar-refractivity contribution in [2.24, 2.45) is 16.6 Å². The van der Waals surface area contributed by atoms with Crippen LogP contribution in [-0.4, -0.2) is 11.7 Å². The zero-order valence-electron chi connectivity index (χ0n) is 12.1. The molecule has 2 rings (SSSR count). The maximum atomic E-state index is 10.8. The van der Waals surface area contributed by atoms with E-state index in [9.17, 15) is 5.11 Å². The van der Waals surface area contributed by atoms with Crippen LogP contribution >= 0.6 is 27.5 Å². The zero-order valence-corrected chi connectivity index (χ0v) is 14.5. The first-order chi connectivity index (χ1) is 9.30. The molecule has 1 saturated carbocycles. The van der Waals surface area contributed by atoms with Crippen molar-refractivity contribution >= 4 is 27.5 Å². The van der Waals surface area contributed by atoms with E-state index in [1.807, 2.05) is 18.2 Å². The van der Waals surface area contributed by atoms with Crippen LogP contribution in [0.4, 0.5) is 0 Å². The van der Waals surface area contributed by atoms with Crippen LogP contribution in [0.25, 0.3) is 0 Å². The van der Waals surface area contributed by atoms with Crippen molar-refractivity contribution in [2.45, 2.75) is 45.6 Å². The summed E-state index contributed by atoms with van der Waals surface area (Å²) in [5.41, 5.74) is 7.08. The largest absolute Gasteiger partial charge is 0.388 e. The normalized spacial score (nSPS) is 22.5. The van der Waals surface area contributed by atoms with E-state index >= 15 is 0 Å². The number of hydrogen-bond donors (Lipinski definition) is 2. The van der Waals surface area contributed by atoms with Crippen LogP contribution in [0.3, 0.4) is 0 Å². The van der Waals surface area contributed by atoms with Gasteiger partial charge in [0.15, 0.2) is 0 Å². The van der Waals surface area contributed by atoms with Gasteiger partial charge in [-0.1, -0.05) is 31.5 Å². The fourth-order valence-corrected chi connectivity index (χ4v) is 3.56. The summed E-state index contributed by atoms with van der Waals surface area (Å²) < 4.78 is 0.819. The van der Waals surface area contributed by atoms with Crippen LogP contribution < -0.4 is 5.73 Å². The maximum Gasteiger partial charge on any atom is 0.0858 e. The summed E-state index contributed by atoms with van der Waals surface area (Å²) in [6.07, 6.45) is 3.62. The number of aliphatic hydroxyl groups is 1. The van der Waals surface area contributed by atoms with Gasteiger partial charge in [-0.05, 0) is 64.7 Å². The molecule has 1 aliphatic rings. The molecule has 2 nitrogen and oxygen atoms in total. The third kappa shape index (κ3) is 3.22. The number of nitrogens with two attached hydrogens (primary N) is 1. The molecule has 0 bridgehead atoms. The second-order valence-electron chi connectivity index (χ2n) is 6.81. The first-order valence-corrected chi connectivity index (χ1v) is 8.30. The van der Waals surface area contributed by atoms with Gasteiger partial charge in [0.2, 0.25) is 0 Å². The van der Waals surface area contributed by atoms with Crippen LogP contribution in [0.15, 0.2) is 22.7 Å². The highest BCUT2D eigenvalue weighted by Gasteiger charge is 2.43. The molecular formula is C16H23BrClNO. The van der Waals surface area contributed by atoms with Crippen molar-refractivity contribution in [2.75, 3.05) is 6.54 Å². The highest BCUT2D eigenvalue weighted by Crippen LogP contribution is 2.51. The highest BCUT2D eigenvalue weighted by atomic mass is 79.9. The Labute approximate surface area is 134 Å². The molecule has 0 amide bonds. The number of rotatable bonds is 3. The standard InChI is InChI=1S/C16H23BrClNO/c1-15(2)5-7-16(10-19,8-6-15)14(20)11-3-4-13(18)12(17)9-11/h3-4,9,14,20H,5-8,10,19H2,1-2H3. The van der Waals surface area contributed by atoms with Gasteiger partial charge in [-0.3, -0.25) is 0 Å². The van der Waals surface area contributed by atoms with Crippen molar-refractivity contribution in [1.29, 1.82) is 0 Å². The van der Waals surface area contributed by atoms with Gasteiger partial charge >= 0.3 is 0 Å². The first-order valence-electron chi connectivity index (χ1n) is 7.13. The van der Waals surface area contributed by atoms with Gasteiger partial charge in [0.25, 0.3) is 0 Å². The van der Waals surface area contributed by atoms with E-state index in [1.165, 1.54) is 0 Å². The lowest BCUT2D eigenvalue weighted by molar-refractivity contribution is -0.0235. The molecule has 1 aromatic rings. The Morgan fingerprint density at radius 1 is 1.30 bits per heavy atom. The number of aliphatic hydroxyl groups excluding tert-OH is 1. The van der Waals surface area contributed by atoms with Gasteiger partial charge in [-0.25, -0.2) is 0 Å². The summed E-state index contributed by atoms with van der Waals surface area (Å²) >= 11 is 9.45. The third-order valence-electron chi connectivity index (χ3n) is 4.85. The first kappa shape index (κ1) is 16.3. The molecule has 0 saturated heterocycles. The van der Waals surface area contributed by atoms with Crippen LogP contribution in [0.1, 0.15) is 51.2 Å². The molecule has 1 aromatic carbocycles. The lowest BCUT2D eigenvalue weighted by atomic mass is 9.62. The molecule has 20 heavy (non-hydrogen) atoms. The molecule has 3 N–H and O–H groups in total. The molecule has 0 aliphatic heterocycles. The molecular weight excluding hydrogens is 338 g/mol. The second kappa shape index (κ2) is 5.96. The van der Waals surface area contributed by atoms with Gasteiger partial charge in [0.05, 0.1) is 11.1 Å². The molecule has 4 heteroatoms. The maximum absolute atomic E-state index is 10.8. The summed E-state index contributed by atoms with van der Waals surface area (Å²) in [6, 6.07) is 5.63. The Kier molecular flexibility index (Phi) is 4.85. The summed E-state index contributed by atoms with van der Waals surface area (Å²) in [4.78, 5) is 0. The summed E-state index contributed by atoms with van der Waals surface area (Å²) in [6.45, 7) is 5.10. The Balaban J connectivity index is 2.25. The van der Waals surface area contributed by atoms with E-state index in [0.717, 1.165) is 35.7 Å². The van der Waals surface area contributed by atoms with E-state index in [1.54, 1.807) is 0 Å². The monoisotopic (exact) mass is 359 g/mol. The molecule has 0 radical (unpaired) electrons. The molecule has 112 valence electrons. The van der Waals surface area contributed by atoms with Gasteiger partial charge in [-0.2, -0.15) is 0 Å². The number of benzene rings is 1. The second-order valence-corrected chi connectivity index (χ2v) is 8.07. The zero-order chi connectivity index (χ0) is 15.0. The number of halogens is 2. The molecule has 1 fully saturated rings. The van der Waals surface area contributed by atoms with Crippen molar-refractivity contribution in [3.63, 3.8) is 0 Å². The fraction of sp³-hybridized carbons (Fsp3) is 0.625. The van der Waals surface area contributed by atoms with E-state index in [4.69, 9.17) is 17.3 Å². The van der Waals surface area contributed by atoms with E-state index in [0.29, 0.717) is 17.0 Å². The Morgan fingerprint density at radius 2 is 1.90 bits per heavy atom. The molecule has 1 atom stereocenters. The van der Waals surface area contributed by atoms with Crippen LogP contribution in [-0.2, 0) is 0 Å². The topological polar surface area (TPSA) is 46.2 Å². The quantitative estimate of drug-likeness (QED) is 0.822. The fourth-order valence-electron chi connectivity index (χ4n) is 3.05. The average Bonchev–Trinajstić information content (AvgIpc) is 2.42. The van der Waals surface area contributed by atoms with Crippen LogP contribution in [0.2, 0.25) is 5.02 Å². The van der Waals surface area contributed by atoms with Gasteiger partial charge < -0.3 is 10.8 Å². The lowest BCUT2D eigenvalue weighted by Gasteiger charge is -2.46.